The first-order valence-corrected chi connectivity index (χ1v) is 6.53. The van der Waals surface area contributed by atoms with E-state index in [0.29, 0.717) is 17.9 Å². The Morgan fingerprint density at radius 2 is 2.15 bits per heavy atom. The molecule has 5 nitrogen and oxygen atoms in total. The summed E-state index contributed by atoms with van der Waals surface area (Å²) in [5.41, 5.74) is 2.39. The van der Waals surface area contributed by atoms with Crippen molar-refractivity contribution in [3.05, 3.63) is 53.5 Å². The van der Waals surface area contributed by atoms with Gasteiger partial charge >= 0.3 is 0 Å². The molecule has 20 heavy (non-hydrogen) atoms. The van der Waals surface area contributed by atoms with Crippen LogP contribution < -0.4 is 10.6 Å². The molecule has 0 aliphatic rings. The molecule has 0 radical (unpaired) electrons. The lowest BCUT2D eigenvalue weighted by atomic mass is 10.2. The monoisotopic (exact) mass is 270 g/mol. The lowest BCUT2D eigenvalue weighted by Crippen LogP contribution is -2.26. The first-order chi connectivity index (χ1) is 9.69. The van der Waals surface area contributed by atoms with Crippen molar-refractivity contribution in [3.63, 3.8) is 0 Å². The second-order valence-corrected chi connectivity index (χ2v) is 4.46. The van der Waals surface area contributed by atoms with Crippen molar-refractivity contribution in [1.29, 1.82) is 0 Å². The molecule has 2 aromatic heterocycles. The maximum Gasteiger partial charge on any atom is 0.251 e. The smallest absolute Gasteiger partial charge is 0.251 e. The number of carbonyl (C=O) groups is 1. The summed E-state index contributed by atoms with van der Waals surface area (Å²) in [4.78, 5) is 20.5. The van der Waals surface area contributed by atoms with Gasteiger partial charge in [0.25, 0.3) is 5.91 Å². The molecule has 0 aromatic carbocycles. The molecule has 0 aliphatic carbocycles. The van der Waals surface area contributed by atoms with Crippen LogP contribution in [0.4, 0.5) is 5.82 Å². The van der Waals surface area contributed by atoms with E-state index in [1.54, 1.807) is 25.4 Å². The average Bonchev–Trinajstić information content (AvgIpc) is 2.47. The number of amides is 1. The van der Waals surface area contributed by atoms with E-state index in [1.165, 1.54) is 0 Å². The number of nitrogens with zero attached hydrogens (tertiary/aromatic N) is 2. The van der Waals surface area contributed by atoms with Crippen LogP contribution in [-0.2, 0) is 6.42 Å². The van der Waals surface area contributed by atoms with E-state index in [2.05, 4.69) is 20.6 Å². The highest BCUT2D eigenvalue weighted by atomic mass is 16.1. The maximum atomic E-state index is 12.1. The molecule has 0 saturated heterocycles. The Kier molecular flexibility index (Phi) is 4.65. The van der Waals surface area contributed by atoms with Crippen LogP contribution in [0.2, 0.25) is 0 Å². The zero-order valence-corrected chi connectivity index (χ0v) is 11.7. The fraction of sp³-hybridized carbons (Fsp3) is 0.267. The zero-order valence-electron chi connectivity index (χ0n) is 11.7. The molecule has 2 aromatic rings. The molecular weight excluding hydrogens is 252 g/mol. The van der Waals surface area contributed by atoms with Crippen LogP contribution in [-0.4, -0.2) is 29.5 Å². The minimum absolute atomic E-state index is 0.0945. The van der Waals surface area contributed by atoms with E-state index in [0.717, 1.165) is 17.8 Å². The van der Waals surface area contributed by atoms with Gasteiger partial charge in [-0.1, -0.05) is 6.07 Å². The van der Waals surface area contributed by atoms with Gasteiger partial charge in [0.2, 0.25) is 0 Å². The lowest BCUT2D eigenvalue weighted by Gasteiger charge is -2.07. The quantitative estimate of drug-likeness (QED) is 0.869. The van der Waals surface area contributed by atoms with Crippen LogP contribution in [0.25, 0.3) is 0 Å². The third-order valence-corrected chi connectivity index (χ3v) is 2.86. The molecule has 0 aliphatic heterocycles. The zero-order chi connectivity index (χ0) is 14.4. The number of pyridine rings is 2. The van der Waals surface area contributed by atoms with Crippen molar-refractivity contribution in [1.82, 2.24) is 15.3 Å². The number of hydrogen-bond acceptors (Lipinski definition) is 4. The molecule has 1 amide bonds. The SMILES string of the molecule is CNc1cc(C(=O)NCCc2ccccn2)cc(C)n1. The summed E-state index contributed by atoms with van der Waals surface area (Å²) in [6, 6.07) is 9.28. The minimum Gasteiger partial charge on any atom is -0.373 e. The fourth-order valence-corrected chi connectivity index (χ4v) is 1.88. The van der Waals surface area contributed by atoms with E-state index < -0.39 is 0 Å². The molecule has 0 unspecified atom stereocenters. The number of anilines is 1. The van der Waals surface area contributed by atoms with Crippen molar-refractivity contribution in [3.8, 4) is 0 Å². The van der Waals surface area contributed by atoms with Gasteiger partial charge in [0.1, 0.15) is 5.82 Å². The fourth-order valence-electron chi connectivity index (χ4n) is 1.88. The van der Waals surface area contributed by atoms with Crippen molar-refractivity contribution in [2.75, 3.05) is 18.9 Å². The van der Waals surface area contributed by atoms with Gasteiger partial charge in [-0.05, 0) is 31.2 Å². The Hall–Kier alpha value is -2.43. The normalized spacial score (nSPS) is 10.1. The van der Waals surface area contributed by atoms with E-state index in [1.807, 2.05) is 25.1 Å². The van der Waals surface area contributed by atoms with Crippen LogP contribution >= 0.6 is 0 Å². The topological polar surface area (TPSA) is 66.9 Å². The van der Waals surface area contributed by atoms with Gasteiger partial charge in [0.05, 0.1) is 0 Å². The van der Waals surface area contributed by atoms with Crippen LogP contribution in [0.3, 0.4) is 0 Å². The Bertz CT molecular complexity index is 584. The van der Waals surface area contributed by atoms with Crippen molar-refractivity contribution in [2.45, 2.75) is 13.3 Å². The average molecular weight is 270 g/mol. The van der Waals surface area contributed by atoms with Crippen LogP contribution in [0, 0.1) is 6.92 Å². The van der Waals surface area contributed by atoms with Gasteiger partial charge in [0.15, 0.2) is 0 Å². The predicted octanol–water partition coefficient (Wildman–Crippen LogP) is 1.80. The van der Waals surface area contributed by atoms with Crippen LogP contribution in [0.5, 0.6) is 0 Å². The molecule has 0 saturated carbocycles. The van der Waals surface area contributed by atoms with Gasteiger partial charge < -0.3 is 10.6 Å². The van der Waals surface area contributed by atoms with Crippen molar-refractivity contribution >= 4 is 11.7 Å². The number of aromatic nitrogens is 2. The van der Waals surface area contributed by atoms with Gasteiger partial charge in [-0.25, -0.2) is 4.98 Å². The van der Waals surface area contributed by atoms with E-state index >= 15 is 0 Å². The number of aryl methyl sites for hydroxylation is 1. The standard InChI is InChI=1S/C15H18N4O/c1-11-9-12(10-14(16-2)19-11)15(20)18-8-6-13-5-3-4-7-17-13/h3-5,7,9-10H,6,8H2,1-2H3,(H,16,19)(H,18,20). The Labute approximate surface area is 118 Å². The molecule has 5 heteroatoms. The highest BCUT2D eigenvalue weighted by Gasteiger charge is 2.07. The van der Waals surface area contributed by atoms with E-state index in [-0.39, 0.29) is 5.91 Å². The molecule has 0 spiro atoms. The third-order valence-electron chi connectivity index (χ3n) is 2.86. The summed E-state index contributed by atoms with van der Waals surface area (Å²) in [5, 5.41) is 5.84. The second-order valence-electron chi connectivity index (χ2n) is 4.46. The Morgan fingerprint density at radius 1 is 1.30 bits per heavy atom. The highest BCUT2D eigenvalue weighted by molar-refractivity contribution is 5.94. The minimum atomic E-state index is -0.0945. The molecule has 2 rings (SSSR count). The first-order valence-electron chi connectivity index (χ1n) is 6.53. The maximum absolute atomic E-state index is 12.1. The summed E-state index contributed by atoms with van der Waals surface area (Å²) < 4.78 is 0. The summed E-state index contributed by atoms with van der Waals surface area (Å²) in [7, 11) is 1.78. The van der Waals surface area contributed by atoms with E-state index in [9.17, 15) is 4.79 Å². The lowest BCUT2D eigenvalue weighted by molar-refractivity contribution is 0.0954. The third kappa shape index (κ3) is 3.78. The predicted molar refractivity (Wildman–Crippen MR) is 78.8 cm³/mol. The van der Waals surface area contributed by atoms with Gasteiger partial charge in [0, 0.05) is 43.2 Å². The highest BCUT2D eigenvalue weighted by Crippen LogP contribution is 2.09. The van der Waals surface area contributed by atoms with Crippen molar-refractivity contribution in [2.24, 2.45) is 0 Å². The summed E-state index contributed by atoms with van der Waals surface area (Å²) in [5.74, 6) is 0.600. The van der Waals surface area contributed by atoms with Crippen molar-refractivity contribution < 1.29 is 4.79 Å². The van der Waals surface area contributed by atoms with Crippen LogP contribution in [0.15, 0.2) is 36.5 Å². The first kappa shape index (κ1) is 14.0. The number of nitrogens with one attached hydrogen (secondary N) is 2. The second kappa shape index (κ2) is 6.65. The molecule has 104 valence electrons. The molecule has 0 atom stereocenters. The number of rotatable bonds is 5. The summed E-state index contributed by atoms with van der Waals surface area (Å²) >= 11 is 0. The Morgan fingerprint density at radius 3 is 2.85 bits per heavy atom. The van der Waals surface area contributed by atoms with Gasteiger partial charge in [-0.3, -0.25) is 9.78 Å². The summed E-state index contributed by atoms with van der Waals surface area (Å²) in [6.07, 6.45) is 2.47. The molecule has 2 heterocycles. The number of carbonyl (C=O) groups excluding carboxylic acids is 1. The Balaban J connectivity index is 1.93. The van der Waals surface area contributed by atoms with E-state index in [4.69, 9.17) is 0 Å². The molecule has 0 bridgehead atoms. The number of hydrogen-bond donors (Lipinski definition) is 2. The largest absolute Gasteiger partial charge is 0.373 e. The van der Waals surface area contributed by atoms with Gasteiger partial charge in [-0.15, -0.1) is 0 Å². The van der Waals surface area contributed by atoms with Crippen LogP contribution in [0.1, 0.15) is 21.7 Å². The molecule has 0 fully saturated rings. The van der Waals surface area contributed by atoms with Gasteiger partial charge in [-0.2, -0.15) is 0 Å². The molecule has 2 N–H and O–H groups in total. The summed E-state index contributed by atoms with van der Waals surface area (Å²) in [6.45, 7) is 2.43. The molecular formula is C15H18N4O.